The Bertz CT molecular complexity index is 1420. The van der Waals surface area contributed by atoms with Crippen molar-refractivity contribution in [2.45, 2.75) is 31.1 Å². The van der Waals surface area contributed by atoms with Gasteiger partial charge in [0, 0.05) is 55.6 Å². The van der Waals surface area contributed by atoms with Gasteiger partial charge >= 0.3 is 6.18 Å². The minimum absolute atomic E-state index is 0.223. The van der Waals surface area contributed by atoms with Gasteiger partial charge in [0.15, 0.2) is 5.69 Å². The van der Waals surface area contributed by atoms with Crippen molar-refractivity contribution in [3.63, 3.8) is 0 Å². The van der Waals surface area contributed by atoms with Crippen LogP contribution in [0.3, 0.4) is 0 Å². The number of benzene rings is 2. The number of halogens is 3. The number of nitrogens with one attached hydrogen (secondary N) is 1. The van der Waals surface area contributed by atoms with E-state index in [4.69, 9.17) is 9.26 Å². The molecule has 2 aromatic heterocycles. The zero-order chi connectivity index (χ0) is 25.7. The van der Waals surface area contributed by atoms with Gasteiger partial charge in [-0.25, -0.2) is 4.98 Å². The lowest BCUT2D eigenvalue weighted by molar-refractivity contribution is -0.140. The molecule has 0 spiro atoms. The maximum Gasteiger partial charge on any atom is 0.434 e. The molecule has 0 saturated carbocycles. The Morgan fingerprint density at radius 1 is 1.00 bits per heavy atom. The van der Waals surface area contributed by atoms with E-state index < -0.39 is 11.9 Å². The molecule has 192 valence electrons. The summed E-state index contributed by atoms with van der Waals surface area (Å²) in [5.74, 6) is 1.75. The number of imidazole rings is 1. The van der Waals surface area contributed by atoms with E-state index in [2.05, 4.69) is 25.3 Å². The number of methoxy groups -OCH3 is 1. The molecule has 4 heterocycles. The summed E-state index contributed by atoms with van der Waals surface area (Å²) < 4.78 is 51.6. The maximum atomic E-state index is 13.0. The monoisotopic (exact) mass is 510 g/mol. The highest BCUT2D eigenvalue weighted by Gasteiger charge is 2.35. The molecular formula is C26H25F3N6O2. The molecule has 37 heavy (non-hydrogen) atoms. The van der Waals surface area contributed by atoms with Gasteiger partial charge in [-0.1, -0.05) is 29.4 Å². The van der Waals surface area contributed by atoms with Gasteiger partial charge in [-0.3, -0.25) is 0 Å². The first kappa shape index (κ1) is 23.5. The van der Waals surface area contributed by atoms with Gasteiger partial charge in [-0.2, -0.15) is 18.2 Å². The van der Waals surface area contributed by atoms with E-state index in [9.17, 15) is 13.2 Å². The average molecular weight is 511 g/mol. The van der Waals surface area contributed by atoms with E-state index in [0.717, 1.165) is 49.1 Å². The molecule has 2 saturated heterocycles. The summed E-state index contributed by atoms with van der Waals surface area (Å²) in [4.78, 5) is 10.7. The van der Waals surface area contributed by atoms with Crippen molar-refractivity contribution in [3.05, 3.63) is 54.4 Å². The van der Waals surface area contributed by atoms with Crippen molar-refractivity contribution in [1.82, 2.24) is 25.0 Å². The molecule has 4 aromatic rings. The smallest absolute Gasteiger partial charge is 0.434 e. The molecule has 2 aromatic carbocycles. The van der Waals surface area contributed by atoms with Crippen LogP contribution in [0.25, 0.3) is 34.2 Å². The van der Waals surface area contributed by atoms with Crippen LogP contribution in [0.1, 0.15) is 18.5 Å². The standard InChI is InChI=1S/C26H25F3N6O2/c1-34-14-22(26(27,28)29)31-24(34)16-5-3-15(4-6-16)23-32-25(37-33-23)20-10-9-19(36-2)11-21(20)35-12-17-7-8-18(13-35)30-17/h3-6,9-11,14,17-18,30H,7-8,12-13H2,1-2H3/t17-,18+. The number of hydrogen-bond acceptors (Lipinski definition) is 7. The fourth-order valence-electron chi connectivity index (χ4n) is 5.16. The third kappa shape index (κ3) is 4.43. The van der Waals surface area contributed by atoms with Gasteiger partial charge < -0.3 is 24.0 Å². The summed E-state index contributed by atoms with van der Waals surface area (Å²) in [6, 6.07) is 13.6. The van der Waals surface area contributed by atoms with Gasteiger partial charge in [0.1, 0.15) is 11.6 Å². The predicted molar refractivity (Wildman–Crippen MR) is 131 cm³/mol. The zero-order valence-electron chi connectivity index (χ0n) is 20.3. The molecule has 2 aliphatic heterocycles. The Balaban J connectivity index is 1.29. The molecule has 0 amide bonds. The minimum atomic E-state index is -4.50. The second kappa shape index (κ2) is 8.91. The highest BCUT2D eigenvalue weighted by atomic mass is 19.4. The molecule has 2 atom stereocenters. The minimum Gasteiger partial charge on any atom is -0.497 e. The Labute approximate surface area is 211 Å². The fourth-order valence-corrected chi connectivity index (χ4v) is 5.16. The molecule has 2 bridgehead atoms. The van der Waals surface area contributed by atoms with Crippen molar-refractivity contribution in [1.29, 1.82) is 0 Å². The van der Waals surface area contributed by atoms with Crippen LogP contribution < -0.4 is 15.0 Å². The fraction of sp³-hybridized carbons (Fsp3) is 0.346. The molecule has 8 nitrogen and oxygen atoms in total. The Hall–Kier alpha value is -3.86. The van der Waals surface area contributed by atoms with Crippen LogP contribution in [0, 0.1) is 0 Å². The largest absolute Gasteiger partial charge is 0.497 e. The molecule has 2 fully saturated rings. The first-order valence-corrected chi connectivity index (χ1v) is 12.0. The van der Waals surface area contributed by atoms with Gasteiger partial charge in [-0.15, -0.1) is 0 Å². The normalized spacial score (nSPS) is 19.4. The number of piperazine rings is 1. The summed E-state index contributed by atoms with van der Waals surface area (Å²) >= 11 is 0. The van der Waals surface area contributed by atoms with Crippen LogP contribution in [0.2, 0.25) is 0 Å². The summed E-state index contributed by atoms with van der Waals surface area (Å²) in [5, 5.41) is 7.82. The summed E-state index contributed by atoms with van der Waals surface area (Å²) in [6.45, 7) is 1.78. The first-order chi connectivity index (χ1) is 17.8. The van der Waals surface area contributed by atoms with E-state index in [1.807, 2.05) is 18.2 Å². The summed E-state index contributed by atoms with van der Waals surface area (Å²) in [7, 11) is 3.18. The second-order valence-corrected chi connectivity index (χ2v) is 9.48. The van der Waals surface area contributed by atoms with Crippen molar-refractivity contribution < 1.29 is 22.4 Å². The van der Waals surface area contributed by atoms with Gasteiger partial charge in [0.2, 0.25) is 5.82 Å². The molecule has 0 unspecified atom stereocenters. The number of alkyl halides is 3. The number of hydrogen-bond donors (Lipinski definition) is 1. The van der Waals surface area contributed by atoms with E-state index >= 15 is 0 Å². The van der Waals surface area contributed by atoms with Crippen LogP contribution >= 0.6 is 0 Å². The highest BCUT2D eigenvalue weighted by Crippen LogP contribution is 2.37. The molecule has 6 rings (SSSR count). The van der Waals surface area contributed by atoms with Gasteiger partial charge in [0.05, 0.1) is 18.4 Å². The number of rotatable bonds is 5. The maximum absolute atomic E-state index is 13.0. The van der Waals surface area contributed by atoms with Crippen LogP contribution in [0.4, 0.5) is 18.9 Å². The third-order valence-electron chi connectivity index (χ3n) is 6.99. The highest BCUT2D eigenvalue weighted by molar-refractivity contribution is 5.76. The molecular weight excluding hydrogens is 485 g/mol. The lowest BCUT2D eigenvalue weighted by atomic mass is 10.1. The van der Waals surface area contributed by atoms with Crippen molar-refractivity contribution in [2.24, 2.45) is 7.05 Å². The Morgan fingerprint density at radius 2 is 1.70 bits per heavy atom. The number of aromatic nitrogens is 4. The molecule has 0 radical (unpaired) electrons. The van der Waals surface area contributed by atoms with E-state index in [1.165, 1.54) is 11.6 Å². The third-order valence-corrected chi connectivity index (χ3v) is 6.99. The predicted octanol–water partition coefficient (Wildman–Crippen LogP) is 4.77. The summed E-state index contributed by atoms with van der Waals surface area (Å²) in [6.07, 6.45) is -1.19. The van der Waals surface area contributed by atoms with Gasteiger partial charge in [-0.05, 0) is 25.0 Å². The number of fused-ring (bicyclic) bond motifs is 2. The quantitative estimate of drug-likeness (QED) is 0.414. The van der Waals surface area contributed by atoms with Crippen LogP contribution in [0.5, 0.6) is 5.75 Å². The average Bonchev–Trinajstić information content (AvgIpc) is 3.62. The SMILES string of the molecule is COc1ccc(-c2nc(-c3ccc(-c4nc(C(F)(F)F)cn4C)cc3)no2)c(N2C[C@H]3CC[C@@H](C2)N3)c1. The summed E-state index contributed by atoms with van der Waals surface area (Å²) in [5.41, 5.74) is 2.11. The lowest BCUT2D eigenvalue weighted by Gasteiger charge is -2.35. The second-order valence-electron chi connectivity index (χ2n) is 9.48. The number of anilines is 1. The van der Waals surface area contributed by atoms with Crippen LogP contribution in [0.15, 0.2) is 53.2 Å². The topological polar surface area (TPSA) is 81.2 Å². The Kier molecular flexibility index (Phi) is 5.67. The zero-order valence-corrected chi connectivity index (χ0v) is 20.3. The van der Waals surface area contributed by atoms with Crippen LogP contribution in [-0.2, 0) is 13.2 Å². The van der Waals surface area contributed by atoms with E-state index in [0.29, 0.717) is 34.9 Å². The lowest BCUT2D eigenvalue weighted by Crippen LogP contribution is -2.51. The molecule has 0 aliphatic carbocycles. The molecule has 1 N–H and O–H groups in total. The Morgan fingerprint density at radius 3 is 2.35 bits per heavy atom. The number of aryl methyl sites for hydroxylation is 1. The molecule has 11 heteroatoms. The number of ether oxygens (including phenoxy) is 1. The van der Waals surface area contributed by atoms with Gasteiger partial charge in [0.25, 0.3) is 5.89 Å². The first-order valence-electron chi connectivity index (χ1n) is 12.0. The van der Waals surface area contributed by atoms with E-state index in [1.54, 1.807) is 31.4 Å². The van der Waals surface area contributed by atoms with E-state index in [-0.39, 0.29) is 5.82 Å². The van der Waals surface area contributed by atoms with Crippen molar-refractivity contribution >= 4 is 5.69 Å². The molecule has 2 aliphatic rings. The van der Waals surface area contributed by atoms with Crippen molar-refractivity contribution in [3.8, 4) is 40.0 Å². The van der Waals surface area contributed by atoms with Crippen molar-refractivity contribution in [2.75, 3.05) is 25.1 Å². The number of nitrogens with zero attached hydrogens (tertiary/aromatic N) is 5. The van der Waals surface area contributed by atoms with Crippen LogP contribution in [-0.4, -0.2) is 52.0 Å².